The molecule has 0 amide bonds. The Labute approximate surface area is 105 Å². The predicted octanol–water partition coefficient (Wildman–Crippen LogP) is 0.127. The highest BCUT2D eigenvalue weighted by Crippen LogP contribution is 2.21. The number of hydrogen-bond donors (Lipinski definition) is 2. The molecule has 4 heteroatoms. The molecule has 2 N–H and O–H groups in total. The standard InChI is InChI=1S/C13H27N3O/c1-15-7-4-12(5-8-15)16-9-6-14-11-13(16)3-2-10-17/h12-14,17H,2-11H2,1H3. The van der Waals surface area contributed by atoms with E-state index >= 15 is 0 Å². The molecule has 2 fully saturated rings. The van der Waals surface area contributed by atoms with Crippen LogP contribution in [0, 0.1) is 0 Å². The minimum Gasteiger partial charge on any atom is -0.396 e. The number of nitrogens with zero attached hydrogens (tertiary/aromatic N) is 2. The molecule has 0 aromatic rings. The number of aliphatic hydroxyl groups is 1. The molecule has 2 aliphatic heterocycles. The van der Waals surface area contributed by atoms with E-state index < -0.39 is 0 Å². The average Bonchev–Trinajstić information content (AvgIpc) is 2.38. The van der Waals surface area contributed by atoms with Crippen LogP contribution in [0.2, 0.25) is 0 Å². The number of nitrogens with one attached hydrogen (secondary N) is 1. The van der Waals surface area contributed by atoms with Crippen LogP contribution in [-0.4, -0.2) is 73.4 Å². The molecule has 0 saturated carbocycles. The summed E-state index contributed by atoms with van der Waals surface area (Å²) in [6.07, 6.45) is 4.70. The van der Waals surface area contributed by atoms with Gasteiger partial charge in [0, 0.05) is 38.3 Å². The molecule has 2 rings (SSSR count). The third kappa shape index (κ3) is 3.65. The van der Waals surface area contributed by atoms with Crippen LogP contribution in [0.4, 0.5) is 0 Å². The van der Waals surface area contributed by atoms with Gasteiger partial charge < -0.3 is 15.3 Å². The molecule has 0 radical (unpaired) electrons. The molecule has 1 atom stereocenters. The van der Waals surface area contributed by atoms with Gasteiger partial charge in [0.15, 0.2) is 0 Å². The number of likely N-dealkylation sites (tertiary alicyclic amines) is 1. The zero-order chi connectivity index (χ0) is 12.1. The normalized spacial score (nSPS) is 29.6. The van der Waals surface area contributed by atoms with Crippen molar-refractivity contribution in [3.63, 3.8) is 0 Å². The summed E-state index contributed by atoms with van der Waals surface area (Å²) in [5.41, 5.74) is 0. The fraction of sp³-hybridized carbons (Fsp3) is 1.00. The molecule has 0 bridgehead atoms. The van der Waals surface area contributed by atoms with E-state index in [-0.39, 0.29) is 0 Å². The first-order valence-electron chi connectivity index (χ1n) is 7.07. The molecular weight excluding hydrogens is 214 g/mol. The van der Waals surface area contributed by atoms with Crippen LogP contribution in [0.5, 0.6) is 0 Å². The van der Waals surface area contributed by atoms with Gasteiger partial charge in [0.05, 0.1) is 0 Å². The van der Waals surface area contributed by atoms with Crippen molar-refractivity contribution in [2.24, 2.45) is 0 Å². The average molecular weight is 241 g/mol. The van der Waals surface area contributed by atoms with E-state index in [4.69, 9.17) is 5.11 Å². The number of hydrogen-bond acceptors (Lipinski definition) is 4. The van der Waals surface area contributed by atoms with Gasteiger partial charge in [-0.3, -0.25) is 4.90 Å². The highest BCUT2D eigenvalue weighted by Gasteiger charge is 2.30. The van der Waals surface area contributed by atoms with Crippen LogP contribution >= 0.6 is 0 Å². The monoisotopic (exact) mass is 241 g/mol. The molecule has 2 heterocycles. The van der Waals surface area contributed by atoms with Crippen molar-refractivity contribution >= 4 is 0 Å². The molecule has 100 valence electrons. The van der Waals surface area contributed by atoms with Crippen molar-refractivity contribution in [1.82, 2.24) is 15.1 Å². The van der Waals surface area contributed by atoms with Gasteiger partial charge in [-0.25, -0.2) is 0 Å². The van der Waals surface area contributed by atoms with Gasteiger partial charge in [0.1, 0.15) is 0 Å². The van der Waals surface area contributed by atoms with E-state index in [0.29, 0.717) is 12.6 Å². The van der Waals surface area contributed by atoms with Crippen LogP contribution in [-0.2, 0) is 0 Å². The maximum absolute atomic E-state index is 8.98. The maximum atomic E-state index is 8.98. The summed E-state index contributed by atoms with van der Waals surface area (Å²) in [5.74, 6) is 0. The first-order chi connectivity index (χ1) is 8.31. The quantitative estimate of drug-likeness (QED) is 0.734. The zero-order valence-corrected chi connectivity index (χ0v) is 11.1. The Morgan fingerprint density at radius 2 is 2.00 bits per heavy atom. The van der Waals surface area contributed by atoms with Crippen LogP contribution < -0.4 is 5.32 Å². The first-order valence-corrected chi connectivity index (χ1v) is 7.07. The molecule has 2 aliphatic rings. The molecule has 17 heavy (non-hydrogen) atoms. The van der Waals surface area contributed by atoms with Crippen LogP contribution in [0.3, 0.4) is 0 Å². The molecule has 0 aromatic heterocycles. The van der Waals surface area contributed by atoms with E-state index in [9.17, 15) is 0 Å². The van der Waals surface area contributed by atoms with Gasteiger partial charge >= 0.3 is 0 Å². The SMILES string of the molecule is CN1CCC(N2CCNCC2CCCO)CC1. The minimum atomic E-state index is 0.331. The van der Waals surface area contributed by atoms with E-state index in [2.05, 4.69) is 22.2 Å². The minimum absolute atomic E-state index is 0.331. The van der Waals surface area contributed by atoms with Crippen LogP contribution in [0.15, 0.2) is 0 Å². The third-order valence-corrected chi connectivity index (χ3v) is 4.25. The summed E-state index contributed by atoms with van der Waals surface area (Å²) in [7, 11) is 2.22. The van der Waals surface area contributed by atoms with Crippen molar-refractivity contribution in [2.45, 2.75) is 37.8 Å². The summed E-state index contributed by atoms with van der Waals surface area (Å²) >= 11 is 0. The molecule has 0 aliphatic carbocycles. The van der Waals surface area contributed by atoms with Crippen molar-refractivity contribution < 1.29 is 5.11 Å². The number of piperidine rings is 1. The van der Waals surface area contributed by atoms with Crippen molar-refractivity contribution in [2.75, 3.05) is 46.4 Å². The Bertz CT molecular complexity index is 212. The van der Waals surface area contributed by atoms with Gasteiger partial charge in [-0.05, 0) is 45.8 Å². The van der Waals surface area contributed by atoms with Crippen LogP contribution in [0.1, 0.15) is 25.7 Å². The largest absolute Gasteiger partial charge is 0.396 e. The lowest BCUT2D eigenvalue weighted by molar-refractivity contribution is 0.0573. The van der Waals surface area contributed by atoms with E-state index in [1.165, 1.54) is 32.5 Å². The van der Waals surface area contributed by atoms with E-state index in [0.717, 1.165) is 32.0 Å². The molecule has 4 nitrogen and oxygen atoms in total. The molecule has 0 spiro atoms. The lowest BCUT2D eigenvalue weighted by Crippen LogP contribution is -2.57. The summed E-state index contributed by atoms with van der Waals surface area (Å²) in [4.78, 5) is 5.14. The highest BCUT2D eigenvalue weighted by molar-refractivity contribution is 4.87. The Balaban J connectivity index is 1.86. The lowest BCUT2D eigenvalue weighted by Gasteiger charge is -2.44. The van der Waals surface area contributed by atoms with Crippen LogP contribution in [0.25, 0.3) is 0 Å². The summed E-state index contributed by atoms with van der Waals surface area (Å²) in [5, 5.41) is 12.5. The van der Waals surface area contributed by atoms with Gasteiger partial charge in [-0.1, -0.05) is 0 Å². The zero-order valence-electron chi connectivity index (χ0n) is 11.1. The first kappa shape index (κ1) is 13.3. The topological polar surface area (TPSA) is 38.7 Å². The van der Waals surface area contributed by atoms with Crippen molar-refractivity contribution in [3.05, 3.63) is 0 Å². The highest BCUT2D eigenvalue weighted by atomic mass is 16.2. The Kier molecular flexibility index (Phi) is 5.22. The Morgan fingerprint density at radius 3 is 2.71 bits per heavy atom. The van der Waals surface area contributed by atoms with Crippen molar-refractivity contribution in [1.29, 1.82) is 0 Å². The lowest BCUT2D eigenvalue weighted by atomic mass is 9.98. The Hall–Kier alpha value is -0.160. The Morgan fingerprint density at radius 1 is 1.24 bits per heavy atom. The summed E-state index contributed by atoms with van der Waals surface area (Å²) in [6.45, 7) is 6.22. The molecule has 1 unspecified atom stereocenters. The summed E-state index contributed by atoms with van der Waals surface area (Å²) in [6, 6.07) is 1.42. The van der Waals surface area contributed by atoms with Gasteiger partial charge in [-0.2, -0.15) is 0 Å². The molecule has 2 saturated heterocycles. The summed E-state index contributed by atoms with van der Waals surface area (Å²) < 4.78 is 0. The fourth-order valence-corrected chi connectivity index (χ4v) is 3.18. The number of piperazine rings is 1. The molecule has 0 aromatic carbocycles. The second-order valence-corrected chi connectivity index (χ2v) is 5.50. The van der Waals surface area contributed by atoms with E-state index in [1.54, 1.807) is 0 Å². The third-order valence-electron chi connectivity index (χ3n) is 4.25. The van der Waals surface area contributed by atoms with Gasteiger partial charge in [0.25, 0.3) is 0 Å². The van der Waals surface area contributed by atoms with E-state index in [1.807, 2.05) is 0 Å². The fourth-order valence-electron chi connectivity index (χ4n) is 3.18. The second kappa shape index (κ2) is 6.69. The van der Waals surface area contributed by atoms with Gasteiger partial charge in [-0.15, -0.1) is 0 Å². The number of rotatable bonds is 4. The number of aliphatic hydroxyl groups excluding tert-OH is 1. The smallest absolute Gasteiger partial charge is 0.0431 e. The molecular formula is C13H27N3O. The second-order valence-electron chi connectivity index (χ2n) is 5.50. The van der Waals surface area contributed by atoms with Gasteiger partial charge in [0.2, 0.25) is 0 Å². The predicted molar refractivity (Wildman–Crippen MR) is 70.2 cm³/mol. The van der Waals surface area contributed by atoms with Crippen molar-refractivity contribution in [3.8, 4) is 0 Å². The maximum Gasteiger partial charge on any atom is 0.0431 e.